The van der Waals surface area contributed by atoms with E-state index in [1.54, 1.807) is 0 Å². The maximum absolute atomic E-state index is 9.28. The molecule has 2 nitrogen and oxygen atoms in total. The minimum absolute atomic E-state index is 0.369. The van der Waals surface area contributed by atoms with Crippen LogP contribution in [0, 0.1) is 0 Å². The third-order valence-corrected chi connectivity index (χ3v) is 2.15. The molecule has 0 aliphatic carbocycles. The first kappa shape index (κ1) is 7.03. The Morgan fingerprint density at radius 1 is 1.22 bits per heavy atom. The van der Waals surface area contributed by atoms with Gasteiger partial charge in [-0.25, -0.2) is 0 Å². The Labute approximate surface area is 56.4 Å². The molecule has 54 valence electrons. The Morgan fingerprint density at radius 2 is 1.67 bits per heavy atom. The first-order valence-corrected chi connectivity index (χ1v) is 3.69. The smallest absolute Gasteiger partial charge is 0.0325 e. The van der Waals surface area contributed by atoms with Crippen LogP contribution < -0.4 is 0 Å². The largest absolute Gasteiger partial charge is 0.313 e. The minimum Gasteiger partial charge on any atom is -0.313 e. The van der Waals surface area contributed by atoms with Crippen molar-refractivity contribution in [3.63, 3.8) is 0 Å². The van der Waals surface area contributed by atoms with Gasteiger partial charge in [0, 0.05) is 12.1 Å². The Morgan fingerprint density at radius 3 is 2.00 bits per heavy atom. The van der Waals surface area contributed by atoms with Gasteiger partial charge in [-0.2, -0.15) is 5.06 Å². The lowest BCUT2D eigenvalue weighted by Crippen LogP contribution is -2.40. The van der Waals surface area contributed by atoms with Gasteiger partial charge in [0.1, 0.15) is 0 Å². The predicted molar refractivity (Wildman–Crippen MR) is 36.4 cm³/mol. The van der Waals surface area contributed by atoms with Gasteiger partial charge in [-0.1, -0.05) is 6.42 Å². The van der Waals surface area contributed by atoms with Crippen LogP contribution in [-0.2, 0) is 0 Å². The summed E-state index contributed by atoms with van der Waals surface area (Å²) in [4.78, 5) is 0. The monoisotopic (exact) mass is 129 g/mol. The van der Waals surface area contributed by atoms with Gasteiger partial charge in [0.05, 0.1) is 0 Å². The van der Waals surface area contributed by atoms with E-state index in [4.69, 9.17) is 0 Å². The highest BCUT2D eigenvalue weighted by atomic mass is 16.5. The number of hydrogen-bond donors (Lipinski definition) is 1. The lowest BCUT2D eigenvalue weighted by molar-refractivity contribution is -0.167. The zero-order valence-corrected chi connectivity index (χ0v) is 6.17. The van der Waals surface area contributed by atoms with Crippen molar-refractivity contribution in [2.24, 2.45) is 0 Å². The average Bonchev–Trinajstić information content (AvgIpc) is 1.83. The SMILES string of the molecule is C[C@@H]1CCC[C@H](C)N1O. The number of nitrogens with zero attached hydrogens (tertiary/aromatic N) is 1. The molecule has 1 rings (SSSR count). The van der Waals surface area contributed by atoms with Crippen molar-refractivity contribution < 1.29 is 5.21 Å². The summed E-state index contributed by atoms with van der Waals surface area (Å²) in [6.07, 6.45) is 3.54. The molecule has 0 radical (unpaired) electrons. The molecule has 1 heterocycles. The van der Waals surface area contributed by atoms with Crippen LogP contribution in [-0.4, -0.2) is 22.4 Å². The molecule has 2 heteroatoms. The molecular formula is C7H15NO. The average molecular weight is 129 g/mol. The van der Waals surface area contributed by atoms with Gasteiger partial charge in [0.15, 0.2) is 0 Å². The first-order valence-electron chi connectivity index (χ1n) is 3.69. The standard InChI is InChI=1S/C7H15NO/c1-6-4-3-5-7(2)8(6)9/h6-7,9H,3-5H2,1-2H3/t6-,7+. The highest BCUT2D eigenvalue weighted by molar-refractivity contribution is 4.72. The molecule has 0 saturated carbocycles. The fourth-order valence-electron chi connectivity index (χ4n) is 1.41. The van der Waals surface area contributed by atoms with Crippen molar-refractivity contribution in [1.29, 1.82) is 0 Å². The van der Waals surface area contributed by atoms with Gasteiger partial charge in [-0.05, 0) is 26.7 Å². The molecule has 0 amide bonds. The molecular weight excluding hydrogens is 114 g/mol. The van der Waals surface area contributed by atoms with Gasteiger partial charge in [-0.15, -0.1) is 0 Å². The molecule has 0 bridgehead atoms. The van der Waals surface area contributed by atoms with E-state index in [9.17, 15) is 5.21 Å². The number of hydrogen-bond acceptors (Lipinski definition) is 2. The molecule has 1 fully saturated rings. The van der Waals surface area contributed by atoms with E-state index in [1.165, 1.54) is 11.5 Å². The molecule has 9 heavy (non-hydrogen) atoms. The summed E-state index contributed by atoms with van der Waals surface area (Å²) in [5.41, 5.74) is 0. The quantitative estimate of drug-likeness (QED) is 0.537. The second-order valence-electron chi connectivity index (χ2n) is 3.01. The van der Waals surface area contributed by atoms with Gasteiger partial charge in [-0.3, -0.25) is 0 Å². The van der Waals surface area contributed by atoms with Crippen molar-refractivity contribution in [2.75, 3.05) is 0 Å². The Bertz CT molecular complexity index is 84.9. The van der Waals surface area contributed by atoms with E-state index in [0.717, 1.165) is 12.8 Å². The van der Waals surface area contributed by atoms with E-state index < -0.39 is 0 Å². The molecule has 0 aromatic rings. The van der Waals surface area contributed by atoms with Gasteiger partial charge in [0.25, 0.3) is 0 Å². The van der Waals surface area contributed by atoms with Gasteiger partial charge in [0.2, 0.25) is 0 Å². The van der Waals surface area contributed by atoms with Crippen molar-refractivity contribution >= 4 is 0 Å². The van der Waals surface area contributed by atoms with Crippen molar-refractivity contribution in [3.8, 4) is 0 Å². The second kappa shape index (κ2) is 2.67. The Kier molecular flexibility index (Phi) is 2.09. The van der Waals surface area contributed by atoms with Gasteiger partial charge >= 0.3 is 0 Å². The first-order chi connectivity index (χ1) is 4.22. The molecule has 0 spiro atoms. The van der Waals surface area contributed by atoms with E-state index in [0.29, 0.717) is 12.1 Å². The molecule has 1 N–H and O–H groups in total. The van der Waals surface area contributed by atoms with Crippen LogP contribution in [0.5, 0.6) is 0 Å². The van der Waals surface area contributed by atoms with Crippen LogP contribution in [0.4, 0.5) is 0 Å². The van der Waals surface area contributed by atoms with Gasteiger partial charge < -0.3 is 5.21 Å². The lowest BCUT2D eigenvalue weighted by Gasteiger charge is -2.33. The van der Waals surface area contributed by atoms with Crippen LogP contribution in [0.1, 0.15) is 33.1 Å². The Hall–Kier alpha value is -0.0800. The van der Waals surface area contributed by atoms with E-state index in [-0.39, 0.29) is 0 Å². The highest BCUT2D eigenvalue weighted by Gasteiger charge is 2.21. The molecule has 0 aromatic heterocycles. The summed E-state index contributed by atoms with van der Waals surface area (Å²) < 4.78 is 0. The summed E-state index contributed by atoms with van der Waals surface area (Å²) in [5.74, 6) is 0. The highest BCUT2D eigenvalue weighted by Crippen LogP contribution is 2.19. The fourth-order valence-corrected chi connectivity index (χ4v) is 1.41. The lowest BCUT2D eigenvalue weighted by atomic mass is 10.0. The number of hydroxylamine groups is 2. The summed E-state index contributed by atoms with van der Waals surface area (Å²) in [6, 6.07) is 0.738. The summed E-state index contributed by atoms with van der Waals surface area (Å²) in [6.45, 7) is 4.13. The molecule has 0 unspecified atom stereocenters. The number of piperidine rings is 1. The second-order valence-corrected chi connectivity index (χ2v) is 3.01. The Balaban J connectivity index is 2.41. The van der Waals surface area contributed by atoms with Crippen LogP contribution in [0.25, 0.3) is 0 Å². The van der Waals surface area contributed by atoms with E-state index >= 15 is 0 Å². The zero-order valence-electron chi connectivity index (χ0n) is 6.17. The minimum atomic E-state index is 0.369. The van der Waals surface area contributed by atoms with Crippen LogP contribution in [0.15, 0.2) is 0 Å². The summed E-state index contributed by atoms with van der Waals surface area (Å²) in [7, 11) is 0. The fraction of sp³-hybridized carbons (Fsp3) is 1.00. The zero-order chi connectivity index (χ0) is 6.85. The normalized spacial score (nSPS) is 39.0. The predicted octanol–water partition coefficient (Wildman–Crippen LogP) is 1.64. The molecule has 1 aliphatic rings. The summed E-state index contributed by atoms with van der Waals surface area (Å²) >= 11 is 0. The molecule has 0 aromatic carbocycles. The third-order valence-electron chi connectivity index (χ3n) is 2.15. The van der Waals surface area contributed by atoms with Crippen molar-refractivity contribution in [2.45, 2.75) is 45.2 Å². The van der Waals surface area contributed by atoms with Crippen molar-refractivity contribution in [1.82, 2.24) is 5.06 Å². The van der Waals surface area contributed by atoms with Crippen LogP contribution >= 0.6 is 0 Å². The van der Waals surface area contributed by atoms with Crippen molar-refractivity contribution in [3.05, 3.63) is 0 Å². The summed E-state index contributed by atoms with van der Waals surface area (Å²) in [5, 5.41) is 10.8. The van der Waals surface area contributed by atoms with Crippen LogP contribution in [0.3, 0.4) is 0 Å². The molecule has 2 atom stereocenters. The maximum Gasteiger partial charge on any atom is 0.0325 e. The topological polar surface area (TPSA) is 23.5 Å². The molecule has 1 aliphatic heterocycles. The number of rotatable bonds is 0. The van der Waals surface area contributed by atoms with Crippen LogP contribution in [0.2, 0.25) is 0 Å². The third kappa shape index (κ3) is 1.43. The maximum atomic E-state index is 9.28. The molecule has 1 saturated heterocycles. The van der Waals surface area contributed by atoms with E-state index in [1.807, 2.05) is 0 Å². The van der Waals surface area contributed by atoms with E-state index in [2.05, 4.69) is 13.8 Å².